The minimum absolute atomic E-state index is 0.603. The normalized spacial score (nSPS) is 11.6. The van der Waals surface area contributed by atoms with Gasteiger partial charge in [0, 0.05) is 36.5 Å². The topological polar surface area (TPSA) is 32.3 Å². The molecule has 0 aliphatic rings. The van der Waals surface area contributed by atoms with Gasteiger partial charge in [-0.05, 0) is 48.1 Å². The molecule has 0 aliphatic carbocycles. The van der Waals surface area contributed by atoms with Gasteiger partial charge in [-0.25, -0.2) is 0 Å². The third kappa shape index (κ3) is 4.38. The Morgan fingerprint density at radius 2 is 1.95 bits per heavy atom. The first-order valence-electron chi connectivity index (χ1n) is 7.27. The first-order valence-corrected chi connectivity index (χ1v) is 8.06. The van der Waals surface area contributed by atoms with Crippen molar-refractivity contribution in [2.24, 2.45) is 5.92 Å². The molecule has 0 spiro atoms. The van der Waals surface area contributed by atoms with Crippen LogP contribution in [0.15, 0.2) is 29.0 Å². The van der Waals surface area contributed by atoms with Crippen molar-refractivity contribution in [1.82, 2.24) is 14.9 Å². The van der Waals surface area contributed by atoms with Crippen LogP contribution in [0.25, 0.3) is 11.0 Å². The van der Waals surface area contributed by atoms with Gasteiger partial charge in [0.1, 0.15) is 5.52 Å². The van der Waals surface area contributed by atoms with E-state index >= 15 is 0 Å². The molecule has 0 N–H and O–H groups in total. The van der Waals surface area contributed by atoms with Gasteiger partial charge in [0.2, 0.25) is 0 Å². The highest BCUT2D eigenvalue weighted by Gasteiger charge is 2.13. The number of nitrogens with zero attached hydrogens (tertiary/aromatic N) is 4. The minimum atomic E-state index is 0.603. The van der Waals surface area contributed by atoms with Crippen molar-refractivity contribution in [3.05, 3.63) is 29.0 Å². The molecule has 0 atom stereocenters. The molecule has 0 saturated carbocycles. The van der Waals surface area contributed by atoms with E-state index in [1.807, 2.05) is 18.5 Å². The maximum atomic E-state index is 4.57. The predicted octanol–water partition coefficient (Wildman–Crippen LogP) is 3.42. The largest absolute Gasteiger partial charge is 0.368 e. The lowest BCUT2D eigenvalue weighted by atomic mass is 10.1. The second-order valence-corrected chi connectivity index (χ2v) is 6.91. The fourth-order valence-corrected chi connectivity index (χ4v) is 2.64. The molecule has 0 fully saturated rings. The van der Waals surface area contributed by atoms with Crippen LogP contribution in [0.5, 0.6) is 0 Å². The summed E-state index contributed by atoms with van der Waals surface area (Å²) in [5.74, 6) is 0.603. The number of hydrogen-bond donors (Lipinski definition) is 0. The van der Waals surface area contributed by atoms with E-state index in [0.717, 1.165) is 35.1 Å². The van der Waals surface area contributed by atoms with Gasteiger partial charge in [-0.1, -0.05) is 13.8 Å². The molecule has 0 radical (unpaired) electrons. The lowest BCUT2D eigenvalue weighted by Gasteiger charge is -2.28. The van der Waals surface area contributed by atoms with Crippen LogP contribution >= 0.6 is 15.9 Å². The maximum absolute atomic E-state index is 4.57. The van der Waals surface area contributed by atoms with Crippen molar-refractivity contribution < 1.29 is 0 Å². The Labute approximate surface area is 135 Å². The van der Waals surface area contributed by atoms with Crippen LogP contribution in [0.1, 0.15) is 13.8 Å². The van der Waals surface area contributed by atoms with Gasteiger partial charge in [-0.3, -0.25) is 9.97 Å². The molecule has 2 aromatic rings. The van der Waals surface area contributed by atoms with Gasteiger partial charge in [0.05, 0.1) is 11.2 Å². The maximum Gasteiger partial charge on any atom is 0.112 e. The van der Waals surface area contributed by atoms with Gasteiger partial charge in [0.15, 0.2) is 0 Å². The predicted molar refractivity (Wildman–Crippen MR) is 92.8 cm³/mol. The Morgan fingerprint density at radius 3 is 2.62 bits per heavy atom. The Kier molecular flexibility index (Phi) is 5.53. The highest BCUT2D eigenvalue weighted by Crippen LogP contribution is 2.26. The Morgan fingerprint density at radius 1 is 1.19 bits per heavy atom. The zero-order valence-electron chi connectivity index (χ0n) is 13.2. The summed E-state index contributed by atoms with van der Waals surface area (Å²) in [5, 5.41) is 0. The molecule has 4 nitrogen and oxygen atoms in total. The average molecular weight is 351 g/mol. The highest BCUT2D eigenvalue weighted by atomic mass is 79.9. The molecule has 0 aliphatic heterocycles. The molecule has 2 aromatic heterocycles. The number of likely N-dealkylation sites (N-methyl/N-ethyl adjacent to an activating group) is 1. The smallest absolute Gasteiger partial charge is 0.112 e. The van der Waals surface area contributed by atoms with E-state index in [4.69, 9.17) is 0 Å². The van der Waals surface area contributed by atoms with Gasteiger partial charge >= 0.3 is 0 Å². The third-order valence-corrected chi connectivity index (χ3v) is 3.70. The number of fused-ring (bicyclic) bond motifs is 1. The SMILES string of the molecule is CC(C)CN(CCN(C)C)c1ccnc2cc(Br)cnc12. The van der Waals surface area contributed by atoms with E-state index in [1.54, 1.807) is 0 Å². The first kappa shape index (κ1) is 16.2. The number of aromatic nitrogens is 2. The Hall–Kier alpha value is -1.20. The summed E-state index contributed by atoms with van der Waals surface area (Å²) in [4.78, 5) is 13.6. The van der Waals surface area contributed by atoms with E-state index in [9.17, 15) is 0 Å². The third-order valence-electron chi connectivity index (χ3n) is 3.27. The molecule has 0 aromatic carbocycles. The van der Waals surface area contributed by atoms with Crippen LogP contribution in [0.4, 0.5) is 5.69 Å². The summed E-state index contributed by atoms with van der Waals surface area (Å²) < 4.78 is 0.961. The molecule has 2 rings (SSSR count). The second kappa shape index (κ2) is 7.18. The van der Waals surface area contributed by atoms with E-state index in [0.29, 0.717) is 5.92 Å². The van der Waals surface area contributed by atoms with Gasteiger partial charge < -0.3 is 9.80 Å². The quantitative estimate of drug-likeness (QED) is 0.798. The molecule has 0 amide bonds. The fourth-order valence-electron chi connectivity index (χ4n) is 2.32. The van der Waals surface area contributed by atoms with Crippen molar-refractivity contribution in [2.45, 2.75) is 13.8 Å². The van der Waals surface area contributed by atoms with Crippen molar-refractivity contribution >= 4 is 32.7 Å². The van der Waals surface area contributed by atoms with Crippen molar-refractivity contribution in [1.29, 1.82) is 0 Å². The average Bonchev–Trinajstić information content (AvgIpc) is 2.42. The van der Waals surface area contributed by atoms with Crippen LogP contribution in [-0.2, 0) is 0 Å². The fraction of sp³-hybridized carbons (Fsp3) is 0.500. The van der Waals surface area contributed by atoms with Crippen LogP contribution < -0.4 is 4.90 Å². The van der Waals surface area contributed by atoms with Crippen LogP contribution in [-0.4, -0.2) is 48.6 Å². The van der Waals surface area contributed by atoms with Gasteiger partial charge in [-0.2, -0.15) is 0 Å². The van der Waals surface area contributed by atoms with Crippen molar-refractivity contribution in [3.63, 3.8) is 0 Å². The summed E-state index contributed by atoms with van der Waals surface area (Å²) in [5.41, 5.74) is 3.07. The minimum Gasteiger partial charge on any atom is -0.368 e. The summed E-state index contributed by atoms with van der Waals surface area (Å²) in [6.45, 7) is 7.52. The van der Waals surface area contributed by atoms with Gasteiger partial charge in [0.25, 0.3) is 0 Å². The molecular formula is C16H23BrN4. The standard InChI is InChI=1S/C16H23BrN4/c1-12(2)11-21(8-7-20(3)4)15-5-6-18-14-9-13(17)10-19-16(14)15/h5-6,9-10,12H,7-8,11H2,1-4H3. The summed E-state index contributed by atoms with van der Waals surface area (Å²) >= 11 is 3.46. The molecule has 0 bridgehead atoms. The molecule has 2 heterocycles. The van der Waals surface area contributed by atoms with Gasteiger partial charge in [-0.15, -0.1) is 0 Å². The number of halogens is 1. The lowest BCUT2D eigenvalue weighted by molar-refractivity contribution is 0.409. The molecule has 114 valence electrons. The van der Waals surface area contributed by atoms with Crippen molar-refractivity contribution in [3.8, 4) is 0 Å². The number of anilines is 1. The van der Waals surface area contributed by atoms with E-state index in [2.05, 4.69) is 69.7 Å². The molecule has 0 unspecified atom stereocenters. The Balaban J connectivity index is 2.38. The molecule has 5 heteroatoms. The molecule has 0 saturated heterocycles. The van der Waals surface area contributed by atoms with E-state index in [-0.39, 0.29) is 0 Å². The lowest BCUT2D eigenvalue weighted by Crippen LogP contribution is -2.34. The highest BCUT2D eigenvalue weighted by molar-refractivity contribution is 9.10. The van der Waals surface area contributed by atoms with Crippen LogP contribution in [0.2, 0.25) is 0 Å². The number of rotatable bonds is 6. The van der Waals surface area contributed by atoms with Crippen LogP contribution in [0.3, 0.4) is 0 Å². The Bertz CT molecular complexity index is 598. The molecule has 21 heavy (non-hydrogen) atoms. The second-order valence-electron chi connectivity index (χ2n) is 5.99. The zero-order valence-corrected chi connectivity index (χ0v) is 14.8. The monoisotopic (exact) mass is 350 g/mol. The zero-order chi connectivity index (χ0) is 15.4. The molecular weight excluding hydrogens is 328 g/mol. The summed E-state index contributed by atoms with van der Waals surface area (Å²) in [6, 6.07) is 4.09. The summed E-state index contributed by atoms with van der Waals surface area (Å²) in [6.07, 6.45) is 3.71. The number of hydrogen-bond acceptors (Lipinski definition) is 4. The van der Waals surface area contributed by atoms with Crippen molar-refractivity contribution in [2.75, 3.05) is 38.6 Å². The summed E-state index contributed by atoms with van der Waals surface area (Å²) in [7, 11) is 4.21. The first-order chi connectivity index (χ1) is 9.97. The van der Waals surface area contributed by atoms with E-state index < -0.39 is 0 Å². The number of pyridine rings is 2. The van der Waals surface area contributed by atoms with Crippen LogP contribution in [0, 0.1) is 5.92 Å². The van der Waals surface area contributed by atoms with E-state index in [1.165, 1.54) is 5.69 Å².